The van der Waals surface area contributed by atoms with E-state index >= 15 is 0 Å². The number of nitrogens with zero attached hydrogens (tertiary/aromatic N) is 4. The number of H-pyrrole nitrogens is 1. The maximum absolute atomic E-state index is 12.8. The number of hydrogen-bond acceptors (Lipinski definition) is 6. The van der Waals surface area contributed by atoms with E-state index in [1.165, 1.54) is 28.9 Å². The molecule has 0 atom stereocenters. The maximum atomic E-state index is 12.8. The van der Waals surface area contributed by atoms with Crippen LogP contribution in [0.15, 0.2) is 35.1 Å². The molecule has 10 heteroatoms. The molecule has 0 unspecified atom stereocenters. The van der Waals surface area contributed by atoms with Crippen LogP contribution in [0.5, 0.6) is 0 Å². The number of aromatic amines is 1. The van der Waals surface area contributed by atoms with Crippen LogP contribution in [0.4, 0.5) is 11.5 Å². The molecule has 0 bridgehead atoms. The molecule has 5 rings (SSSR count). The number of aromatic nitrogens is 4. The molecule has 0 aliphatic heterocycles. The molecule has 3 aromatic rings. The number of carbonyl (C=O) groups is 1. The number of fused-ring (bicyclic) bond motifs is 1. The summed E-state index contributed by atoms with van der Waals surface area (Å²) in [6.45, 7) is 0. The third kappa shape index (κ3) is 3.72. The van der Waals surface area contributed by atoms with E-state index in [-0.39, 0.29) is 22.8 Å². The summed E-state index contributed by atoms with van der Waals surface area (Å²) in [5.74, 6) is 0.427. The summed E-state index contributed by atoms with van der Waals surface area (Å²) in [5, 5.41) is 18.4. The van der Waals surface area contributed by atoms with Gasteiger partial charge in [0, 0.05) is 35.2 Å². The van der Waals surface area contributed by atoms with Gasteiger partial charge in [-0.15, -0.1) is 0 Å². The Bertz CT molecular complexity index is 1260. The number of aryl methyl sites for hydroxylation is 1. The Morgan fingerprint density at radius 1 is 1.23 bits per heavy atom. The average Bonchev–Trinajstić information content (AvgIpc) is 3.54. The monoisotopic (exact) mass is 420 g/mol. The van der Waals surface area contributed by atoms with Gasteiger partial charge in [0.15, 0.2) is 0 Å². The molecule has 1 amide bonds. The lowest BCUT2D eigenvalue weighted by Gasteiger charge is -2.15. The predicted octanol–water partition coefficient (Wildman–Crippen LogP) is 2.87. The van der Waals surface area contributed by atoms with Gasteiger partial charge in [0.1, 0.15) is 5.82 Å². The van der Waals surface area contributed by atoms with Crippen molar-refractivity contribution >= 4 is 17.4 Å². The maximum Gasteiger partial charge on any atom is 0.270 e. The van der Waals surface area contributed by atoms with Crippen LogP contribution in [0.25, 0.3) is 5.95 Å². The van der Waals surface area contributed by atoms with Crippen molar-refractivity contribution in [1.82, 2.24) is 19.7 Å². The number of benzene rings is 1. The molecular formula is C21H20N6O4. The third-order valence-corrected chi connectivity index (χ3v) is 5.66. The zero-order valence-corrected chi connectivity index (χ0v) is 16.6. The molecule has 2 heterocycles. The number of nitrogens with one attached hydrogen (secondary N) is 2. The lowest BCUT2D eigenvalue weighted by molar-refractivity contribution is -0.384. The van der Waals surface area contributed by atoms with Crippen molar-refractivity contribution in [3.05, 3.63) is 73.3 Å². The smallest absolute Gasteiger partial charge is 0.270 e. The summed E-state index contributed by atoms with van der Waals surface area (Å²) in [4.78, 5) is 43.3. The van der Waals surface area contributed by atoms with Crippen molar-refractivity contribution in [3.8, 4) is 5.95 Å². The molecule has 0 saturated heterocycles. The average molecular weight is 420 g/mol. The van der Waals surface area contributed by atoms with Gasteiger partial charge in [-0.05, 0) is 44.6 Å². The number of amides is 1. The zero-order chi connectivity index (χ0) is 21.5. The van der Waals surface area contributed by atoms with Crippen molar-refractivity contribution < 1.29 is 9.72 Å². The van der Waals surface area contributed by atoms with Gasteiger partial charge in [-0.2, -0.15) is 9.78 Å². The summed E-state index contributed by atoms with van der Waals surface area (Å²) in [6, 6.07) is 7.28. The number of hydrogen-bond donors (Lipinski definition) is 2. The highest BCUT2D eigenvalue weighted by atomic mass is 16.6. The third-order valence-electron chi connectivity index (χ3n) is 5.66. The minimum absolute atomic E-state index is 0.154. The molecule has 2 aromatic heterocycles. The highest BCUT2D eigenvalue weighted by molar-refractivity contribution is 6.04. The van der Waals surface area contributed by atoms with E-state index in [4.69, 9.17) is 0 Å². The van der Waals surface area contributed by atoms with Crippen LogP contribution >= 0.6 is 0 Å². The van der Waals surface area contributed by atoms with E-state index < -0.39 is 10.8 Å². The fraction of sp³-hybridized carbons (Fsp3) is 0.333. The Morgan fingerprint density at radius 3 is 2.81 bits per heavy atom. The summed E-state index contributed by atoms with van der Waals surface area (Å²) in [7, 11) is 0. The Labute approximate surface area is 176 Å². The fourth-order valence-electron chi connectivity index (χ4n) is 3.87. The summed E-state index contributed by atoms with van der Waals surface area (Å²) in [6.07, 6.45) is 5.42. The normalized spacial score (nSPS) is 15.4. The van der Waals surface area contributed by atoms with Crippen molar-refractivity contribution in [2.24, 2.45) is 0 Å². The first-order chi connectivity index (χ1) is 15.0. The van der Waals surface area contributed by atoms with Crippen molar-refractivity contribution in [2.45, 2.75) is 44.4 Å². The Morgan fingerprint density at radius 2 is 2.03 bits per heavy atom. The van der Waals surface area contributed by atoms with E-state index in [9.17, 15) is 19.7 Å². The molecule has 2 aliphatic carbocycles. The topological polar surface area (TPSA) is 136 Å². The molecule has 1 aromatic carbocycles. The fourth-order valence-corrected chi connectivity index (χ4v) is 3.87. The second-order valence-corrected chi connectivity index (χ2v) is 7.92. The van der Waals surface area contributed by atoms with Crippen LogP contribution in [-0.4, -0.2) is 30.6 Å². The largest absolute Gasteiger partial charge is 0.306 e. The van der Waals surface area contributed by atoms with Crippen LogP contribution in [0.1, 0.15) is 58.9 Å². The van der Waals surface area contributed by atoms with Gasteiger partial charge < -0.3 is 5.32 Å². The Hall–Kier alpha value is -3.82. The minimum Gasteiger partial charge on any atom is -0.306 e. The molecular weight excluding hydrogens is 400 g/mol. The Kier molecular flexibility index (Phi) is 4.61. The molecule has 2 aliphatic rings. The molecule has 1 fully saturated rings. The highest BCUT2D eigenvalue weighted by Crippen LogP contribution is 2.40. The van der Waals surface area contributed by atoms with Crippen LogP contribution in [0.3, 0.4) is 0 Å². The second kappa shape index (κ2) is 7.46. The number of rotatable bonds is 5. The number of carbonyl (C=O) groups excluding carboxylic acids is 1. The van der Waals surface area contributed by atoms with E-state index in [1.807, 2.05) is 0 Å². The van der Waals surface area contributed by atoms with Gasteiger partial charge in [0.2, 0.25) is 5.95 Å². The van der Waals surface area contributed by atoms with Crippen LogP contribution in [0.2, 0.25) is 0 Å². The van der Waals surface area contributed by atoms with Crippen molar-refractivity contribution in [1.29, 1.82) is 0 Å². The van der Waals surface area contributed by atoms with Gasteiger partial charge in [0.05, 0.1) is 16.3 Å². The first kappa shape index (κ1) is 19.2. The van der Waals surface area contributed by atoms with Crippen LogP contribution in [-0.2, 0) is 12.8 Å². The van der Waals surface area contributed by atoms with E-state index in [1.54, 1.807) is 6.07 Å². The van der Waals surface area contributed by atoms with E-state index in [0.717, 1.165) is 43.5 Å². The first-order valence-corrected chi connectivity index (χ1v) is 10.3. The van der Waals surface area contributed by atoms with Gasteiger partial charge >= 0.3 is 0 Å². The molecule has 0 spiro atoms. The SMILES string of the molecule is O=C(Nc1cc(C2CC2)nn1-c1nc2c(c(=O)[nH]1)CCCC2)c1cccc([N+](=O)[O-])c1. The Balaban J connectivity index is 1.52. The van der Waals surface area contributed by atoms with Gasteiger partial charge in [0.25, 0.3) is 17.2 Å². The van der Waals surface area contributed by atoms with Gasteiger partial charge in [-0.3, -0.25) is 24.7 Å². The van der Waals surface area contributed by atoms with Crippen LogP contribution < -0.4 is 10.9 Å². The van der Waals surface area contributed by atoms with E-state index in [2.05, 4.69) is 20.4 Å². The van der Waals surface area contributed by atoms with Crippen molar-refractivity contribution in [2.75, 3.05) is 5.32 Å². The minimum atomic E-state index is -0.548. The molecule has 2 N–H and O–H groups in total. The zero-order valence-electron chi connectivity index (χ0n) is 16.6. The molecule has 31 heavy (non-hydrogen) atoms. The van der Waals surface area contributed by atoms with Crippen LogP contribution in [0, 0.1) is 10.1 Å². The first-order valence-electron chi connectivity index (χ1n) is 10.3. The quantitative estimate of drug-likeness (QED) is 0.481. The molecule has 1 saturated carbocycles. The summed E-state index contributed by atoms with van der Waals surface area (Å²) < 4.78 is 1.44. The second-order valence-electron chi connectivity index (χ2n) is 7.92. The predicted molar refractivity (Wildman–Crippen MR) is 112 cm³/mol. The summed E-state index contributed by atoms with van der Waals surface area (Å²) in [5.41, 5.74) is 2.10. The van der Waals surface area contributed by atoms with Crippen molar-refractivity contribution in [3.63, 3.8) is 0 Å². The highest BCUT2D eigenvalue weighted by Gasteiger charge is 2.29. The van der Waals surface area contributed by atoms with Gasteiger partial charge in [-0.1, -0.05) is 6.07 Å². The number of nitro benzene ring substituents is 1. The van der Waals surface area contributed by atoms with Gasteiger partial charge in [-0.25, -0.2) is 4.98 Å². The molecule has 0 radical (unpaired) electrons. The summed E-state index contributed by atoms with van der Waals surface area (Å²) >= 11 is 0. The standard InChI is InChI=1S/C21H20N6O4/c28-19(13-4-3-5-14(10-13)27(30)31)23-18-11-17(12-8-9-12)25-26(18)21-22-16-7-2-1-6-15(16)20(29)24-21/h3-5,10-12H,1-2,6-9H2,(H,23,28)(H,22,24,29). The lowest BCUT2D eigenvalue weighted by Crippen LogP contribution is -2.24. The number of non-ortho nitro benzene ring substituents is 1. The lowest BCUT2D eigenvalue weighted by atomic mass is 9.97. The molecule has 10 nitrogen and oxygen atoms in total. The molecule has 158 valence electrons. The number of nitro groups is 1. The number of anilines is 1. The van der Waals surface area contributed by atoms with E-state index in [0.29, 0.717) is 23.7 Å².